The van der Waals surface area contributed by atoms with E-state index in [-0.39, 0.29) is 5.41 Å². The van der Waals surface area contributed by atoms with E-state index >= 15 is 0 Å². The fourth-order valence-corrected chi connectivity index (χ4v) is 1.78. The van der Waals surface area contributed by atoms with Gasteiger partial charge in [0.15, 0.2) is 0 Å². The first-order valence-electron chi connectivity index (χ1n) is 5.36. The Morgan fingerprint density at radius 1 is 1.29 bits per heavy atom. The van der Waals surface area contributed by atoms with Crippen molar-refractivity contribution in [2.45, 2.75) is 59.3 Å². The summed E-state index contributed by atoms with van der Waals surface area (Å²) in [4.78, 5) is 0. The molecule has 1 rings (SSSR count). The van der Waals surface area contributed by atoms with E-state index < -0.39 is 0 Å². The van der Waals surface area contributed by atoms with E-state index in [1.807, 2.05) is 0 Å². The molecule has 0 fully saturated rings. The van der Waals surface area contributed by atoms with Gasteiger partial charge in [0.2, 0.25) is 0 Å². The Labute approximate surface area is 86.7 Å². The Hall–Kier alpha value is -0.790. The van der Waals surface area contributed by atoms with Gasteiger partial charge < -0.3 is 4.52 Å². The van der Waals surface area contributed by atoms with E-state index in [4.69, 9.17) is 4.52 Å². The molecule has 14 heavy (non-hydrogen) atoms. The number of nitrogens with zero attached hydrogens (tertiary/aromatic N) is 1. The van der Waals surface area contributed by atoms with Crippen molar-refractivity contribution in [2.24, 2.45) is 0 Å². The summed E-state index contributed by atoms with van der Waals surface area (Å²) in [7, 11) is 0. The molecule has 0 aliphatic carbocycles. The third-order valence-electron chi connectivity index (χ3n) is 2.41. The van der Waals surface area contributed by atoms with Gasteiger partial charge in [-0.2, -0.15) is 0 Å². The second-order valence-corrected chi connectivity index (χ2v) is 5.12. The van der Waals surface area contributed by atoms with Crippen molar-refractivity contribution >= 4 is 0 Å². The predicted molar refractivity (Wildman–Crippen MR) is 58.7 cm³/mol. The van der Waals surface area contributed by atoms with E-state index in [0.29, 0.717) is 5.92 Å². The number of aromatic nitrogens is 1. The number of hydrogen-bond donors (Lipinski definition) is 0. The minimum Gasteiger partial charge on any atom is -0.361 e. The summed E-state index contributed by atoms with van der Waals surface area (Å²) in [5.41, 5.74) is 2.55. The molecule has 0 saturated carbocycles. The zero-order valence-electron chi connectivity index (χ0n) is 10.1. The third-order valence-corrected chi connectivity index (χ3v) is 2.41. The van der Waals surface area contributed by atoms with Crippen LogP contribution in [0.3, 0.4) is 0 Å². The van der Waals surface area contributed by atoms with E-state index in [1.165, 1.54) is 5.56 Å². The van der Waals surface area contributed by atoms with Gasteiger partial charge in [-0.05, 0) is 11.3 Å². The molecule has 1 aromatic heterocycles. The SMILES string of the molecule is CCc1onc(C(C)C)c1C(C)(C)C. The molecule has 0 radical (unpaired) electrons. The smallest absolute Gasteiger partial charge is 0.140 e. The molecule has 0 bridgehead atoms. The summed E-state index contributed by atoms with van der Waals surface area (Å²) in [6.07, 6.45) is 0.923. The molecule has 0 aliphatic rings. The molecule has 2 heteroatoms. The monoisotopic (exact) mass is 195 g/mol. The Morgan fingerprint density at radius 2 is 1.86 bits per heavy atom. The number of aryl methyl sites for hydroxylation is 1. The van der Waals surface area contributed by atoms with Crippen LogP contribution < -0.4 is 0 Å². The summed E-state index contributed by atoms with van der Waals surface area (Å²) in [6, 6.07) is 0. The molecule has 80 valence electrons. The minimum atomic E-state index is 0.130. The molecule has 0 amide bonds. The van der Waals surface area contributed by atoms with Gasteiger partial charge in [0.1, 0.15) is 5.76 Å². The van der Waals surface area contributed by atoms with Gasteiger partial charge in [0.05, 0.1) is 5.69 Å². The highest BCUT2D eigenvalue weighted by Crippen LogP contribution is 2.33. The quantitative estimate of drug-likeness (QED) is 0.719. The minimum absolute atomic E-state index is 0.130. The molecule has 2 nitrogen and oxygen atoms in total. The van der Waals surface area contributed by atoms with Crippen LogP contribution in [-0.2, 0) is 11.8 Å². The first-order chi connectivity index (χ1) is 6.38. The van der Waals surface area contributed by atoms with E-state index in [0.717, 1.165) is 17.9 Å². The second-order valence-electron chi connectivity index (χ2n) is 5.12. The molecule has 0 spiro atoms. The summed E-state index contributed by atoms with van der Waals surface area (Å²) in [5, 5.41) is 4.18. The summed E-state index contributed by atoms with van der Waals surface area (Å²) in [5.74, 6) is 1.48. The molecule has 1 aromatic rings. The van der Waals surface area contributed by atoms with Gasteiger partial charge in [-0.15, -0.1) is 0 Å². The van der Waals surface area contributed by atoms with E-state index in [1.54, 1.807) is 0 Å². The van der Waals surface area contributed by atoms with Crippen molar-refractivity contribution in [2.75, 3.05) is 0 Å². The van der Waals surface area contributed by atoms with Crippen LogP contribution in [0.4, 0.5) is 0 Å². The maximum atomic E-state index is 5.38. The van der Waals surface area contributed by atoms with Crippen LogP contribution in [0.25, 0.3) is 0 Å². The Morgan fingerprint density at radius 3 is 2.21 bits per heavy atom. The van der Waals surface area contributed by atoms with Crippen LogP contribution in [0.1, 0.15) is 64.5 Å². The lowest BCUT2D eigenvalue weighted by Crippen LogP contribution is -2.15. The first kappa shape index (κ1) is 11.3. The summed E-state index contributed by atoms with van der Waals surface area (Å²) >= 11 is 0. The number of hydrogen-bond acceptors (Lipinski definition) is 2. The molecule has 1 heterocycles. The van der Waals surface area contributed by atoms with Crippen molar-refractivity contribution in [3.8, 4) is 0 Å². The third kappa shape index (κ3) is 1.99. The van der Waals surface area contributed by atoms with Crippen LogP contribution in [0.5, 0.6) is 0 Å². The summed E-state index contributed by atoms with van der Waals surface area (Å²) < 4.78 is 5.38. The summed E-state index contributed by atoms with van der Waals surface area (Å²) in [6.45, 7) is 13.1. The van der Waals surface area contributed by atoms with Gasteiger partial charge in [-0.25, -0.2) is 0 Å². The maximum absolute atomic E-state index is 5.38. The van der Waals surface area contributed by atoms with E-state index in [2.05, 4.69) is 46.7 Å². The zero-order chi connectivity index (χ0) is 10.9. The molecule has 0 aliphatic heterocycles. The Bertz CT molecular complexity index is 305. The topological polar surface area (TPSA) is 26.0 Å². The molecule has 0 unspecified atom stereocenters. The van der Waals surface area contributed by atoms with Crippen LogP contribution >= 0.6 is 0 Å². The van der Waals surface area contributed by atoms with Crippen molar-refractivity contribution < 1.29 is 4.52 Å². The molecular weight excluding hydrogens is 174 g/mol. The van der Waals surface area contributed by atoms with Crippen molar-refractivity contribution in [1.29, 1.82) is 0 Å². The van der Waals surface area contributed by atoms with Gasteiger partial charge >= 0.3 is 0 Å². The fraction of sp³-hybridized carbons (Fsp3) is 0.750. The highest BCUT2D eigenvalue weighted by molar-refractivity contribution is 5.32. The molecule has 0 saturated heterocycles. The predicted octanol–water partition coefficient (Wildman–Crippen LogP) is 3.66. The van der Waals surface area contributed by atoms with Crippen LogP contribution in [-0.4, -0.2) is 5.16 Å². The highest BCUT2D eigenvalue weighted by atomic mass is 16.5. The Balaban J connectivity index is 3.27. The van der Waals surface area contributed by atoms with Crippen molar-refractivity contribution in [3.05, 3.63) is 17.0 Å². The van der Waals surface area contributed by atoms with Gasteiger partial charge in [-0.1, -0.05) is 46.7 Å². The lowest BCUT2D eigenvalue weighted by Gasteiger charge is -2.20. The molecule has 0 atom stereocenters. The highest BCUT2D eigenvalue weighted by Gasteiger charge is 2.27. The average molecular weight is 195 g/mol. The van der Waals surface area contributed by atoms with E-state index in [9.17, 15) is 0 Å². The van der Waals surface area contributed by atoms with Gasteiger partial charge in [0, 0.05) is 12.0 Å². The van der Waals surface area contributed by atoms with Crippen molar-refractivity contribution in [3.63, 3.8) is 0 Å². The van der Waals surface area contributed by atoms with Gasteiger partial charge in [-0.3, -0.25) is 0 Å². The fourth-order valence-electron chi connectivity index (χ4n) is 1.78. The second kappa shape index (κ2) is 3.76. The normalized spacial score (nSPS) is 12.5. The zero-order valence-corrected chi connectivity index (χ0v) is 10.1. The van der Waals surface area contributed by atoms with Gasteiger partial charge in [0.25, 0.3) is 0 Å². The molecule has 0 aromatic carbocycles. The largest absolute Gasteiger partial charge is 0.361 e. The average Bonchev–Trinajstić information content (AvgIpc) is 2.45. The van der Waals surface area contributed by atoms with Crippen LogP contribution in [0.2, 0.25) is 0 Å². The Kier molecular flexibility index (Phi) is 3.03. The lowest BCUT2D eigenvalue weighted by molar-refractivity contribution is 0.375. The van der Waals surface area contributed by atoms with Crippen LogP contribution in [0.15, 0.2) is 4.52 Å². The lowest BCUT2D eigenvalue weighted by atomic mass is 9.82. The molecule has 0 N–H and O–H groups in total. The molecular formula is C12H21NO. The van der Waals surface area contributed by atoms with Crippen LogP contribution in [0, 0.1) is 0 Å². The van der Waals surface area contributed by atoms with Crippen molar-refractivity contribution in [1.82, 2.24) is 5.16 Å². The first-order valence-corrected chi connectivity index (χ1v) is 5.36. The number of rotatable bonds is 2. The maximum Gasteiger partial charge on any atom is 0.140 e. The standard InChI is InChI=1S/C12H21NO/c1-7-9-10(12(4,5)6)11(8(2)3)13-14-9/h8H,7H2,1-6H3.